The fourth-order valence-electron chi connectivity index (χ4n) is 2.07. The third kappa shape index (κ3) is 3.24. The van der Waals surface area contributed by atoms with E-state index in [4.69, 9.17) is 26.8 Å². The van der Waals surface area contributed by atoms with Gasteiger partial charge in [-0.2, -0.15) is 0 Å². The second-order valence-corrected chi connectivity index (χ2v) is 4.80. The van der Waals surface area contributed by atoms with Crippen LogP contribution in [0, 0.1) is 0 Å². The van der Waals surface area contributed by atoms with E-state index in [0.717, 1.165) is 22.6 Å². The Morgan fingerprint density at radius 3 is 2.45 bits per heavy atom. The zero-order chi connectivity index (χ0) is 14.5. The molecule has 106 valence electrons. The minimum atomic E-state index is -0.292. The number of rotatable bonds is 5. The van der Waals surface area contributed by atoms with E-state index in [-0.39, 0.29) is 6.04 Å². The summed E-state index contributed by atoms with van der Waals surface area (Å²) in [4.78, 5) is 0. The number of nitrogens with two attached hydrogens (primary N) is 1. The zero-order valence-electron chi connectivity index (χ0n) is 11.6. The lowest BCUT2D eigenvalue weighted by molar-refractivity contribution is 0.340. The van der Waals surface area contributed by atoms with E-state index >= 15 is 0 Å². The van der Waals surface area contributed by atoms with Crippen molar-refractivity contribution in [1.29, 1.82) is 0 Å². The highest BCUT2D eigenvalue weighted by Crippen LogP contribution is 2.31. The van der Waals surface area contributed by atoms with Crippen LogP contribution in [0.5, 0.6) is 11.5 Å². The summed E-state index contributed by atoms with van der Waals surface area (Å²) < 4.78 is 10.8. The van der Waals surface area contributed by atoms with Gasteiger partial charge in [-0.15, -0.1) is 0 Å². The van der Waals surface area contributed by atoms with Crippen LogP contribution in [-0.4, -0.2) is 13.7 Å². The second kappa shape index (κ2) is 6.64. The maximum atomic E-state index is 6.31. The lowest BCUT2D eigenvalue weighted by Crippen LogP contribution is -2.13. The molecule has 0 radical (unpaired) electrons. The molecule has 4 heteroatoms. The van der Waals surface area contributed by atoms with E-state index in [2.05, 4.69) is 0 Å². The van der Waals surface area contributed by atoms with Crippen molar-refractivity contribution in [2.24, 2.45) is 5.73 Å². The summed E-state index contributed by atoms with van der Waals surface area (Å²) in [5.41, 5.74) is 8.15. The molecule has 0 fully saturated rings. The molecule has 0 aromatic heterocycles. The maximum Gasteiger partial charge on any atom is 0.124 e. The Labute approximate surface area is 124 Å². The summed E-state index contributed by atoms with van der Waals surface area (Å²) in [5, 5.41) is 0.641. The Kier molecular flexibility index (Phi) is 4.88. The van der Waals surface area contributed by atoms with Crippen molar-refractivity contribution in [3.63, 3.8) is 0 Å². The SMILES string of the molecule is CCOc1ccc(C(N)c2cc(Cl)ccc2OC)cc1. The quantitative estimate of drug-likeness (QED) is 0.911. The Balaban J connectivity index is 2.30. The number of hydrogen-bond acceptors (Lipinski definition) is 3. The molecule has 0 heterocycles. The number of ether oxygens (including phenoxy) is 2. The maximum absolute atomic E-state index is 6.31. The highest BCUT2D eigenvalue weighted by Gasteiger charge is 2.14. The van der Waals surface area contributed by atoms with Gasteiger partial charge in [-0.25, -0.2) is 0 Å². The summed E-state index contributed by atoms with van der Waals surface area (Å²) in [6.07, 6.45) is 0. The number of methoxy groups -OCH3 is 1. The van der Waals surface area contributed by atoms with Crippen molar-refractivity contribution < 1.29 is 9.47 Å². The highest BCUT2D eigenvalue weighted by atomic mass is 35.5. The third-order valence-corrected chi connectivity index (χ3v) is 3.31. The molecule has 3 nitrogen and oxygen atoms in total. The first-order valence-electron chi connectivity index (χ1n) is 6.47. The first-order chi connectivity index (χ1) is 9.65. The standard InChI is InChI=1S/C16H18ClNO2/c1-3-20-13-7-4-11(5-8-13)16(18)14-10-12(17)6-9-15(14)19-2/h4-10,16H,3,18H2,1-2H3. The van der Waals surface area contributed by atoms with E-state index in [1.54, 1.807) is 13.2 Å². The molecule has 1 unspecified atom stereocenters. The van der Waals surface area contributed by atoms with Gasteiger partial charge in [0.15, 0.2) is 0 Å². The molecule has 2 rings (SSSR count). The van der Waals surface area contributed by atoms with Crippen LogP contribution < -0.4 is 15.2 Å². The van der Waals surface area contributed by atoms with Crippen LogP contribution in [-0.2, 0) is 0 Å². The van der Waals surface area contributed by atoms with Crippen molar-refractivity contribution in [2.45, 2.75) is 13.0 Å². The van der Waals surface area contributed by atoms with E-state index < -0.39 is 0 Å². The predicted molar refractivity (Wildman–Crippen MR) is 81.6 cm³/mol. The lowest BCUT2D eigenvalue weighted by atomic mass is 9.98. The summed E-state index contributed by atoms with van der Waals surface area (Å²) in [6, 6.07) is 12.9. The van der Waals surface area contributed by atoms with Gasteiger partial charge in [0.1, 0.15) is 11.5 Å². The Morgan fingerprint density at radius 2 is 1.85 bits per heavy atom. The minimum absolute atomic E-state index is 0.292. The van der Waals surface area contributed by atoms with Crippen LogP contribution >= 0.6 is 11.6 Å². The van der Waals surface area contributed by atoms with Crippen molar-refractivity contribution >= 4 is 11.6 Å². The Morgan fingerprint density at radius 1 is 1.15 bits per heavy atom. The van der Waals surface area contributed by atoms with Crippen LogP contribution in [0.4, 0.5) is 0 Å². The molecule has 0 spiro atoms. The predicted octanol–water partition coefficient (Wildman–Crippen LogP) is 3.80. The molecule has 2 N–H and O–H groups in total. The van der Waals surface area contributed by atoms with Crippen molar-refractivity contribution in [3.8, 4) is 11.5 Å². The van der Waals surface area contributed by atoms with Gasteiger partial charge in [-0.3, -0.25) is 0 Å². The average molecular weight is 292 g/mol. The second-order valence-electron chi connectivity index (χ2n) is 4.37. The fraction of sp³-hybridized carbons (Fsp3) is 0.250. The van der Waals surface area contributed by atoms with Crippen molar-refractivity contribution in [1.82, 2.24) is 0 Å². The Hall–Kier alpha value is -1.71. The average Bonchev–Trinajstić information content (AvgIpc) is 2.47. The van der Waals surface area contributed by atoms with Crippen molar-refractivity contribution in [2.75, 3.05) is 13.7 Å². The number of benzene rings is 2. The van der Waals surface area contributed by atoms with Gasteiger partial charge in [0, 0.05) is 10.6 Å². The van der Waals surface area contributed by atoms with Gasteiger partial charge in [0.25, 0.3) is 0 Å². The van der Waals surface area contributed by atoms with Crippen LogP contribution in [0.3, 0.4) is 0 Å². The van der Waals surface area contributed by atoms with Gasteiger partial charge in [0.2, 0.25) is 0 Å². The van der Waals surface area contributed by atoms with E-state index in [9.17, 15) is 0 Å². The first kappa shape index (κ1) is 14.7. The molecular formula is C16H18ClNO2. The number of hydrogen-bond donors (Lipinski definition) is 1. The van der Waals surface area contributed by atoms with Gasteiger partial charge >= 0.3 is 0 Å². The minimum Gasteiger partial charge on any atom is -0.496 e. The molecule has 2 aromatic rings. The summed E-state index contributed by atoms with van der Waals surface area (Å²) in [5.74, 6) is 1.57. The molecule has 0 aliphatic carbocycles. The monoisotopic (exact) mass is 291 g/mol. The molecule has 0 saturated heterocycles. The number of halogens is 1. The molecule has 0 saturated carbocycles. The molecule has 0 aliphatic rings. The molecule has 0 aliphatic heterocycles. The van der Waals surface area contributed by atoms with Crippen molar-refractivity contribution in [3.05, 3.63) is 58.6 Å². The first-order valence-corrected chi connectivity index (χ1v) is 6.85. The van der Waals surface area contributed by atoms with E-state index in [0.29, 0.717) is 11.6 Å². The normalized spacial score (nSPS) is 12.0. The molecule has 20 heavy (non-hydrogen) atoms. The summed E-state index contributed by atoms with van der Waals surface area (Å²) >= 11 is 6.04. The molecule has 0 bridgehead atoms. The summed E-state index contributed by atoms with van der Waals surface area (Å²) in [7, 11) is 1.62. The topological polar surface area (TPSA) is 44.5 Å². The smallest absolute Gasteiger partial charge is 0.124 e. The highest BCUT2D eigenvalue weighted by molar-refractivity contribution is 6.30. The summed E-state index contributed by atoms with van der Waals surface area (Å²) in [6.45, 7) is 2.60. The molecule has 2 aromatic carbocycles. The largest absolute Gasteiger partial charge is 0.496 e. The van der Waals surface area contributed by atoms with E-state index in [1.165, 1.54) is 0 Å². The third-order valence-electron chi connectivity index (χ3n) is 3.08. The molecule has 1 atom stereocenters. The van der Waals surface area contributed by atoms with Crippen LogP contribution in [0.25, 0.3) is 0 Å². The molecular weight excluding hydrogens is 274 g/mol. The lowest BCUT2D eigenvalue weighted by Gasteiger charge is -2.17. The van der Waals surface area contributed by atoms with Crippen LogP contribution in [0.1, 0.15) is 24.1 Å². The van der Waals surface area contributed by atoms with Gasteiger partial charge < -0.3 is 15.2 Å². The van der Waals surface area contributed by atoms with Gasteiger partial charge in [-0.1, -0.05) is 23.7 Å². The van der Waals surface area contributed by atoms with Gasteiger partial charge in [-0.05, 0) is 42.8 Å². The van der Waals surface area contributed by atoms with Gasteiger partial charge in [0.05, 0.1) is 19.8 Å². The fourth-order valence-corrected chi connectivity index (χ4v) is 2.25. The Bertz CT molecular complexity index is 569. The zero-order valence-corrected chi connectivity index (χ0v) is 12.4. The van der Waals surface area contributed by atoms with Crippen LogP contribution in [0.15, 0.2) is 42.5 Å². The van der Waals surface area contributed by atoms with E-state index in [1.807, 2.05) is 43.3 Å². The molecule has 0 amide bonds. The van der Waals surface area contributed by atoms with Crippen LogP contribution in [0.2, 0.25) is 5.02 Å².